The lowest BCUT2D eigenvalue weighted by atomic mass is 9.93. The van der Waals surface area contributed by atoms with E-state index in [1.807, 2.05) is 0 Å². The highest BCUT2D eigenvalue weighted by Crippen LogP contribution is 2.42. The number of nitrogens with zero attached hydrogens (tertiary/aromatic N) is 4. The molecule has 0 spiro atoms. The number of benzene rings is 1. The summed E-state index contributed by atoms with van der Waals surface area (Å²) in [4.78, 5) is 36.5. The molecule has 10 nitrogen and oxygen atoms in total. The molecule has 0 unspecified atom stereocenters. The number of fused-ring (bicyclic) bond motifs is 1. The Bertz CT molecular complexity index is 1520. The Hall–Kier alpha value is -4.59. The van der Waals surface area contributed by atoms with Crippen molar-refractivity contribution in [3.8, 4) is 17.0 Å². The number of ether oxygens (including phenoxy) is 1. The predicted molar refractivity (Wildman–Crippen MR) is 129 cm³/mol. The van der Waals surface area contributed by atoms with Crippen molar-refractivity contribution in [2.24, 2.45) is 5.73 Å². The summed E-state index contributed by atoms with van der Waals surface area (Å²) in [5.74, 6) is -2.36. The fourth-order valence-corrected chi connectivity index (χ4v) is 3.88. The number of hydrogen-bond donors (Lipinski definition) is 3. The number of imidazole rings is 1. The van der Waals surface area contributed by atoms with Crippen LogP contribution in [0.4, 0.5) is 17.6 Å². The van der Waals surface area contributed by atoms with Crippen molar-refractivity contribution in [2.45, 2.75) is 25.1 Å². The number of nitrogens with one attached hydrogen (secondary N) is 1. The zero-order valence-corrected chi connectivity index (χ0v) is 20.4. The van der Waals surface area contributed by atoms with E-state index in [0.29, 0.717) is 0 Å². The highest BCUT2D eigenvalue weighted by atomic mass is 19.4. The molecular weight excluding hydrogens is 524 g/mol. The molecule has 1 atom stereocenters. The maximum absolute atomic E-state index is 14.4. The molecule has 39 heavy (non-hydrogen) atoms. The number of hydrogen-bond acceptors (Lipinski definition) is 7. The van der Waals surface area contributed by atoms with Gasteiger partial charge in [-0.25, -0.2) is 19.3 Å². The molecule has 3 heterocycles. The second kappa shape index (κ2) is 10.6. The SMILES string of the molecule is CCOc1c(CC(N)=O)cc([C@@](O)(CNC(=O)c2ccnc3nccn23)C(F)(F)F)nc1-c1ccc(F)cc1. The lowest BCUT2D eigenvalue weighted by Crippen LogP contribution is -2.51. The Morgan fingerprint density at radius 2 is 1.82 bits per heavy atom. The maximum atomic E-state index is 14.4. The second-order valence-corrected chi connectivity index (χ2v) is 8.40. The van der Waals surface area contributed by atoms with E-state index in [-0.39, 0.29) is 40.6 Å². The van der Waals surface area contributed by atoms with Gasteiger partial charge in [-0.1, -0.05) is 0 Å². The third-order valence-electron chi connectivity index (χ3n) is 5.75. The molecule has 0 saturated heterocycles. The average molecular weight is 546 g/mol. The van der Waals surface area contributed by atoms with Crippen LogP contribution in [0.15, 0.2) is 55.0 Å². The number of carbonyl (C=O) groups is 2. The topological polar surface area (TPSA) is 145 Å². The zero-order chi connectivity index (χ0) is 28.4. The zero-order valence-electron chi connectivity index (χ0n) is 20.4. The number of aliphatic hydroxyl groups is 1. The Morgan fingerprint density at radius 3 is 2.46 bits per heavy atom. The molecule has 4 N–H and O–H groups in total. The van der Waals surface area contributed by atoms with Crippen molar-refractivity contribution < 1.29 is 37.0 Å². The van der Waals surface area contributed by atoms with Gasteiger partial charge in [-0.15, -0.1) is 0 Å². The molecule has 204 valence electrons. The van der Waals surface area contributed by atoms with Crippen molar-refractivity contribution in [1.82, 2.24) is 24.7 Å². The number of aromatic nitrogens is 4. The molecule has 0 bridgehead atoms. The first-order chi connectivity index (χ1) is 18.4. The van der Waals surface area contributed by atoms with Crippen LogP contribution in [-0.2, 0) is 16.8 Å². The van der Waals surface area contributed by atoms with Crippen LogP contribution in [0.3, 0.4) is 0 Å². The first kappa shape index (κ1) is 27.4. The van der Waals surface area contributed by atoms with Crippen LogP contribution < -0.4 is 15.8 Å². The second-order valence-electron chi connectivity index (χ2n) is 8.40. The highest BCUT2D eigenvalue weighted by molar-refractivity contribution is 5.93. The van der Waals surface area contributed by atoms with E-state index in [0.717, 1.165) is 18.2 Å². The summed E-state index contributed by atoms with van der Waals surface area (Å²) in [6.07, 6.45) is -1.88. The number of pyridine rings is 1. The van der Waals surface area contributed by atoms with Gasteiger partial charge in [0.2, 0.25) is 17.3 Å². The Labute approximate surface area is 218 Å². The molecule has 0 aliphatic rings. The molecule has 14 heteroatoms. The van der Waals surface area contributed by atoms with Gasteiger partial charge in [0, 0.05) is 29.7 Å². The largest absolute Gasteiger partial charge is 0.491 e. The van der Waals surface area contributed by atoms with Crippen LogP contribution in [-0.4, -0.2) is 55.6 Å². The summed E-state index contributed by atoms with van der Waals surface area (Å²) in [7, 11) is 0. The van der Waals surface area contributed by atoms with Gasteiger partial charge in [0.15, 0.2) is 0 Å². The average Bonchev–Trinajstić information content (AvgIpc) is 3.36. The van der Waals surface area contributed by atoms with Crippen molar-refractivity contribution in [1.29, 1.82) is 0 Å². The number of carbonyl (C=O) groups excluding carboxylic acids is 2. The van der Waals surface area contributed by atoms with Crippen molar-refractivity contribution in [3.63, 3.8) is 0 Å². The number of amides is 2. The summed E-state index contributed by atoms with van der Waals surface area (Å²) in [5.41, 5.74) is 0.478. The summed E-state index contributed by atoms with van der Waals surface area (Å²) in [5, 5.41) is 13.1. The molecule has 2 amide bonds. The molecule has 3 aromatic heterocycles. The van der Waals surface area contributed by atoms with Gasteiger partial charge < -0.3 is 20.9 Å². The van der Waals surface area contributed by atoms with Gasteiger partial charge >= 0.3 is 6.18 Å². The Morgan fingerprint density at radius 1 is 1.13 bits per heavy atom. The van der Waals surface area contributed by atoms with Crippen LogP contribution in [0.5, 0.6) is 5.75 Å². The lowest BCUT2D eigenvalue weighted by molar-refractivity contribution is -0.265. The standard InChI is InChI=1S/C25H22F4N6O4/c1-2-39-21-15(12-19(30)36)11-18(34-20(21)14-3-5-16(26)6-4-14)24(38,25(27,28)29)13-33-22(37)17-7-8-31-23-32-9-10-35(17)23/h3-11,38H,2,12-13H2,1H3,(H2,30,36)(H,33,37)/t24-/m0/s1. The molecule has 4 aromatic rings. The van der Waals surface area contributed by atoms with Gasteiger partial charge in [0.05, 0.1) is 25.3 Å². The normalized spacial score (nSPS) is 13.2. The number of alkyl halides is 3. The smallest absolute Gasteiger partial charge is 0.424 e. The number of nitrogens with two attached hydrogens (primary N) is 1. The van der Waals surface area contributed by atoms with Gasteiger partial charge in [0.1, 0.15) is 23.0 Å². The van der Waals surface area contributed by atoms with E-state index in [9.17, 15) is 32.3 Å². The van der Waals surface area contributed by atoms with Crippen molar-refractivity contribution in [2.75, 3.05) is 13.2 Å². The molecule has 0 radical (unpaired) electrons. The molecule has 4 rings (SSSR count). The molecule has 0 fully saturated rings. The molecule has 0 aliphatic carbocycles. The highest BCUT2D eigenvalue weighted by Gasteiger charge is 2.56. The third kappa shape index (κ3) is 5.50. The van der Waals surface area contributed by atoms with Gasteiger partial charge in [0.25, 0.3) is 5.91 Å². The monoisotopic (exact) mass is 546 g/mol. The first-order valence-electron chi connectivity index (χ1n) is 11.5. The fraction of sp³-hybridized carbons (Fsp3) is 0.240. The van der Waals surface area contributed by atoms with Gasteiger partial charge in [-0.3, -0.25) is 14.0 Å². The van der Waals surface area contributed by atoms with Crippen LogP contribution in [0.1, 0.15) is 28.7 Å². The number of rotatable bonds is 9. The Kier molecular flexibility index (Phi) is 7.49. The minimum absolute atomic E-state index is 0.0508. The van der Waals surface area contributed by atoms with Crippen LogP contribution >= 0.6 is 0 Å². The van der Waals surface area contributed by atoms with Crippen LogP contribution in [0.25, 0.3) is 17.0 Å². The molecular formula is C25H22F4N6O4. The number of halogens is 4. The summed E-state index contributed by atoms with van der Waals surface area (Å²) in [6.45, 7) is 0.317. The minimum Gasteiger partial charge on any atom is -0.491 e. The molecule has 0 aliphatic heterocycles. The van der Waals surface area contributed by atoms with Crippen molar-refractivity contribution in [3.05, 3.63) is 77.8 Å². The predicted octanol–water partition coefficient (Wildman–Crippen LogP) is 2.54. The first-order valence-corrected chi connectivity index (χ1v) is 11.5. The molecule has 1 aromatic carbocycles. The third-order valence-corrected chi connectivity index (χ3v) is 5.75. The van der Waals surface area contributed by atoms with E-state index in [4.69, 9.17) is 10.5 Å². The summed E-state index contributed by atoms with van der Waals surface area (Å²) >= 11 is 0. The summed E-state index contributed by atoms with van der Waals surface area (Å²) in [6, 6.07) is 6.76. The van der Waals surface area contributed by atoms with E-state index < -0.39 is 48.1 Å². The Balaban J connectivity index is 1.82. The minimum atomic E-state index is -5.34. The lowest BCUT2D eigenvalue weighted by Gasteiger charge is -2.31. The fourth-order valence-electron chi connectivity index (χ4n) is 3.88. The summed E-state index contributed by atoms with van der Waals surface area (Å²) < 4.78 is 63.7. The van der Waals surface area contributed by atoms with Crippen LogP contribution in [0, 0.1) is 5.82 Å². The maximum Gasteiger partial charge on any atom is 0.424 e. The van der Waals surface area contributed by atoms with Gasteiger partial charge in [-0.2, -0.15) is 13.2 Å². The van der Waals surface area contributed by atoms with E-state index in [2.05, 4.69) is 20.3 Å². The van der Waals surface area contributed by atoms with E-state index in [1.54, 1.807) is 6.92 Å². The number of primary amides is 1. The van der Waals surface area contributed by atoms with Crippen molar-refractivity contribution >= 4 is 17.6 Å². The van der Waals surface area contributed by atoms with E-state index in [1.165, 1.54) is 41.2 Å². The quantitative estimate of drug-likeness (QED) is 0.274. The molecule has 0 saturated carbocycles. The van der Waals surface area contributed by atoms with Gasteiger partial charge in [-0.05, 0) is 43.3 Å². The van der Waals surface area contributed by atoms with Crippen LogP contribution in [0.2, 0.25) is 0 Å². The van der Waals surface area contributed by atoms with E-state index >= 15 is 0 Å².